The zero-order valence-electron chi connectivity index (χ0n) is 9.97. The molecule has 1 heterocycles. The highest BCUT2D eigenvalue weighted by molar-refractivity contribution is 5.86. The van der Waals surface area contributed by atoms with Crippen LogP contribution in [0.15, 0.2) is 0 Å². The quantitative estimate of drug-likeness (QED) is 0.791. The molecule has 4 nitrogen and oxygen atoms in total. The summed E-state index contributed by atoms with van der Waals surface area (Å²) in [4.78, 5) is 25.1. The first-order valence-electron chi connectivity index (χ1n) is 6.70. The van der Waals surface area contributed by atoms with E-state index in [1.54, 1.807) is 4.90 Å². The molecule has 4 heteroatoms. The van der Waals surface area contributed by atoms with E-state index in [-0.39, 0.29) is 11.8 Å². The van der Waals surface area contributed by atoms with Gasteiger partial charge in [0.2, 0.25) is 5.91 Å². The molecule has 0 spiro atoms. The van der Waals surface area contributed by atoms with Gasteiger partial charge < -0.3 is 10.0 Å². The van der Waals surface area contributed by atoms with Gasteiger partial charge >= 0.3 is 5.97 Å². The van der Waals surface area contributed by atoms with Crippen LogP contribution in [-0.4, -0.2) is 34.5 Å². The number of carboxylic acids is 1. The van der Waals surface area contributed by atoms with Crippen molar-refractivity contribution in [2.75, 3.05) is 6.54 Å². The van der Waals surface area contributed by atoms with Crippen molar-refractivity contribution in [3.8, 4) is 0 Å². The van der Waals surface area contributed by atoms with Crippen molar-refractivity contribution in [3.63, 3.8) is 0 Å². The second kappa shape index (κ2) is 4.00. The number of hydrogen-bond acceptors (Lipinski definition) is 2. The molecule has 1 N–H and O–H groups in total. The van der Waals surface area contributed by atoms with E-state index in [9.17, 15) is 9.59 Å². The van der Waals surface area contributed by atoms with Crippen LogP contribution in [-0.2, 0) is 9.59 Å². The van der Waals surface area contributed by atoms with Crippen LogP contribution >= 0.6 is 0 Å². The summed E-state index contributed by atoms with van der Waals surface area (Å²) in [5.74, 6) is 0.706. The molecule has 3 aliphatic rings. The average Bonchev–Trinajstić information content (AvgIpc) is 3.02. The number of amides is 1. The first-order valence-corrected chi connectivity index (χ1v) is 6.70. The lowest BCUT2D eigenvalue weighted by atomic mass is 9.87. The van der Waals surface area contributed by atoms with Gasteiger partial charge in [-0.3, -0.25) is 4.79 Å². The number of rotatable bonds is 2. The second-order valence-corrected chi connectivity index (χ2v) is 5.81. The first-order chi connectivity index (χ1) is 8.16. The second-order valence-electron chi connectivity index (χ2n) is 5.81. The zero-order chi connectivity index (χ0) is 12.0. The van der Waals surface area contributed by atoms with E-state index in [0.717, 1.165) is 18.8 Å². The number of carbonyl (C=O) groups is 2. The van der Waals surface area contributed by atoms with Crippen molar-refractivity contribution in [2.45, 2.75) is 44.6 Å². The third-order valence-corrected chi connectivity index (χ3v) is 4.88. The minimum Gasteiger partial charge on any atom is -0.480 e. The topological polar surface area (TPSA) is 57.6 Å². The lowest BCUT2D eigenvalue weighted by molar-refractivity contribution is -0.150. The predicted octanol–water partition coefficient (Wildman–Crippen LogP) is 1.50. The van der Waals surface area contributed by atoms with Crippen molar-refractivity contribution < 1.29 is 14.7 Å². The summed E-state index contributed by atoms with van der Waals surface area (Å²) in [6.07, 6.45) is 6.11. The van der Waals surface area contributed by atoms with Crippen LogP contribution in [0.4, 0.5) is 0 Å². The van der Waals surface area contributed by atoms with Gasteiger partial charge in [-0.15, -0.1) is 0 Å². The highest BCUT2D eigenvalue weighted by Gasteiger charge is 2.46. The molecule has 2 aliphatic carbocycles. The molecule has 1 saturated heterocycles. The van der Waals surface area contributed by atoms with Crippen molar-refractivity contribution in [1.82, 2.24) is 4.90 Å². The van der Waals surface area contributed by atoms with Gasteiger partial charge in [-0.05, 0) is 43.9 Å². The molecule has 94 valence electrons. The van der Waals surface area contributed by atoms with Crippen molar-refractivity contribution in [3.05, 3.63) is 0 Å². The number of carbonyl (C=O) groups excluding carboxylic acids is 1. The molecule has 3 rings (SSSR count). The summed E-state index contributed by atoms with van der Waals surface area (Å²) < 4.78 is 0. The molecule has 3 fully saturated rings. The zero-order valence-corrected chi connectivity index (χ0v) is 9.97. The van der Waals surface area contributed by atoms with E-state index >= 15 is 0 Å². The number of likely N-dealkylation sites (tertiary alicyclic amines) is 1. The molecule has 0 radical (unpaired) electrons. The smallest absolute Gasteiger partial charge is 0.326 e. The summed E-state index contributed by atoms with van der Waals surface area (Å²) >= 11 is 0. The Labute approximate surface area is 101 Å². The van der Waals surface area contributed by atoms with E-state index in [4.69, 9.17) is 5.11 Å². The molecule has 4 unspecified atom stereocenters. The minimum atomic E-state index is -0.834. The van der Waals surface area contributed by atoms with Crippen LogP contribution in [0.5, 0.6) is 0 Å². The van der Waals surface area contributed by atoms with Gasteiger partial charge in [0.1, 0.15) is 6.04 Å². The maximum atomic E-state index is 12.4. The van der Waals surface area contributed by atoms with Crippen LogP contribution in [0.3, 0.4) is 0 Å². The highest BCUT2D eigenvalue weighted by atomic mass is 16.4. The van der Waals surface area contributed by atoms with Gasteiger partial charge in [0.05, 0.1) is 0 Å². The lowest BCUT2D eigenvalue weighted by Crippen LogP contribution is -2.44. The molecule has 0 aromatic rings. The monoisotopic (exact) mass is 237 g/mol. The summed E-state index contributed by atoms with van der Waals surface area (Å²) in [5, 5.41) is 9.11. The molecule has 17 heavy (non-hydrogen) atoms. The third-order valence-electron chi connectivity index (χ3n) is 4.88. The van der Waals surface area contributed by atoms with Crippen LogP contribution in [0.2, 0.25) is 0 Å². The largest absolute Gasteiger partial charge is 0.480 e. The van der Waals surface area contributed by atoms with E-state index in [2.05, 4.69) is 0 Å². The SMILES string of the molecule is O=C(O)C1CCCN1C(=O)C1CC2CCC1C2. The maximum Gasteiger partial charge on any atom is 0.326 e. The summed E-state index contributed by atoms with van der Waals surface area (Å²) in [6.45, 7) is 0.643. The number of aliphatic carboxylic acids is 1. The van der Waals surface area contributed by atoms with E-state index in [0.29, 0.717) is 18.9 Å². The Bertz CT molecular complexity index is 355. The molecule has 1 amide bonds. The number of fused-ring (bicyclic) bond motifs is 2. The fourth-order valence-electron chi connectivity index (χ4n) is 4.05. The Hall–Kier alpha value is -1.06. The van der Waals surface area contributed by atoms with Gasteiger partial charge in [-0.25, -0.2) is 4.79 Å². The Kier molecular flexibility index (Phi) is 2.60. The molecule has 1 aliphatic heterocycles. The maximum absolute atomic E-state index is 12.4. The van der Waals surface area contributed by atoms with Crippen LogP contribution in [0.1, 0.15) is 38.5 Å². The van der Waals surface area contributed by atoms with Crippen molar-refractivity contribution in [2.24, 2.45) is 17.8 Å². The van der Waals surface area contributed by atoms with E-state index in [1.165, 1.54) is 19.3 Å². The van der Waals surface area contributed by atoms with E-state index in [1.807, 2.05) is 0 Å². The highest BCUT2D eigenvalue weighted by Crippen LogP contribution is 2.49. The summed E-state index contributed by atoms with van der Waals surface area (Å²) in [7, 11) is 0. The number of nitrogens with zero attached hydrogens (tertiary/aromatic N) is 1. The fourth-order valence-corrected chi connectivity index (χ4v) is 4.05. The minimum absolute atomic E-state index is 0.127. The number of hydrogen-bond donors (Lipinski definition) is 1. The fraction of sp³-hybridized carbons (Fsp3) is 0.846. The van der Waals surface area contributed by atoms with Crippen molar-refractivity contribution >= 4 is 11.9 Å². The van der Waals surface area contributed by atoms with Gasteiger partial charge in [0, 0.05) is 12.5 Å². The Morgan fingerprint density at radius 2 is 1.94 bits per heavy atom. The normalized spacial score (nSPS) is 39.9. The van der Waals surface area contributed by atoms with Gasteiger partial charge in [-0.1, -0.05) is 6.42 Å². The molecule has 4 atom stereocenters. The van der Waals surface area contributed by atoms with Gasteiger partial charge in [0.15, 0.2) is 0 Å². The Balaban J connectivity index is 1.71. The molecular formula is C13H19NO3. The average molecular weight is 237 g/mol. The lowest BCUT2D eigenvalue weighted by Gasteiger charge is -2.28. The molecule has 2 bridgehead atoms. The number of carboxylic acid groups (broad SMARTS) is 1. The van der Waals surface area contributed by atoms with Crippen LogP contribution in [0, 0.1) is 17.8 Å². The summed E-state index contributed by atoms with van der Waals surface area (Å²) in [6, 6.07) is -0.554. The molecule has 2 saturated carbocycles. The molecular weight excluding hydrogens is 218 g/mol. The molecule has 0 aromatic heterocycles. The Morgan fingerprint density at radius 1 is 1.12 bits per heavy atom. The first kappa shape index (κ1) is 11.1. The predicted molar refractivity (Wildman–Crippen MR) is 61.3 cm³/mol. The van der Waals surface area contributed by atoms with Gasteiger partial charge in [-0.2, -0.15) is 0 Å². The van der Waals surface area contributed by atoms with Crippen LogP contribution < -0.4 is 0 Å². The van der Waals surface area contributed by atoms with Gasteiger partial charge in [0.25, 0.3) is 0 Å². The third kappa shape index (κ3) is 1.74. The Morgan fingerprint density at radius 3 is 2.53 bits per heavy atom. The van der Waals surface area contributed by atoms with E-state index < -0.39 is 12.0 Å². The standard InChI is InChI=1S/C13H19NO3/c15-12(10-7-8-3-4-9(10)6-8)14-5-1-2-11(14)13(16)17/h8-11H,1-7H2,(H,16,17). The van der Waals surface area contributed by atoms with Crippen LogP contribution in [0.25, 0.3) is 0 Å². The molecule has 0 aromatic carbocycles. The van der Waals surface area contributed by atoms with Crippen molar-refractivity contribution in [1.29, 1.82) is 0 Å². The summed E-state index contributed by atoms with van der Waals surface area (Å²) in [5.41, 5.74) is 0.